The normalized spacial score (nSPS) is 17.0. The molecule has 1 saturated heterocycles. The standard InChI is InChI=1S/C21H24N2O2/c1-13-5-7-18(15(3)9-13)22-21(25)17-11-20(24)23(12-17)19-8-6-14(2)10-16(19)4/h5-10,17H,11-12H2,1-4H3,(H,22,25)/t17-/m0/s1. The lowest BCUT2D eigenvalue weighted by atomic mass is 10.1. The molecule has 3 rings (SSSR count). The Hall–Kier alpha value is -2.62. The SMILES string of the molecule is Cc1ccc(NC(=O)[C@H]2CC(=O)N(c3ccc(C)cc3C)C2)c(C)c1. The van der Waals surface area contributed by atoms with E-state index in [-0.39, 0.29) is 24.2 Å². The molecule has 25 heavy (non-hydrogen) atoms. The Morgan fingerprint density at radius 1 is 1.00 bits per heavy atom. The van der Waals surface area contributed by atoms with Crippen LogP contribution < -0.4 is 10.2 Å². The average Bonchev–Trinajstić information content (AvgIpc) is 2.92. The van der Waals surface area contributed by atoms with Crippen molar-refractivity contribution in [3.05, 3.63) is 58.7 Å². The fourth-order valence-electron chi connectivity index (χ4n) is 3.41. The molecule has 1 atom stereocenters. The average molecular weight is 336 g/mol. The first kappa shape index (κ1) is 17.2. The maximum absolute atomic E-state index is 12.6. The minimum atomic E-state index is -0.325. The van der Waals surface area contributed by atoms with Crippen molar-refractivity contribution < 1.29 is 9.59 Å². The fourth-order valence-corrected chi connectivity index (χ4v) is 3.41. The maximum Gasteiger partial charge on any atom is 0.229 e. The Labute approximate surface area is 148 Å². The Kier molecular flexibility index (Phi) is 4.62. The second-order valence-electron chi connectivity index (χ2n) is 7.00. The van der Waals surface area contributed by atoms with Crippen molar-refractivity contribution in [2.24, 2.45) is 5.92 Å². The molecule has 0 saturated carbocycles. The highest BCUT2D eigenvalue weighted by Crippen LogP contribution is 2.29. The maximum atomic E-state index is 12.6. The van der Waals surface area contributed by atoms with Gasteiger partial charge in [-0.15, -0.1) is 0 Å². The van der Waals surface area contributed by atoms with Crippen LogP contribution in [0.2, 0.25) is 0 Å². The lowest BCUT2D eigenvalue weighted by Crippen LogP contribution is -2.28. The molecule has 1 fully saturated rings. The summed E-state index contributed by atoms with van der Waals surface area (Å²) < 4.78 is 0. The van der Waals surface area contributed by atoms with E-state index in [1.165, 1.54) is 0 Å². The number of nitrogens with one attached hydrogen (secondary N) is 1. The van der Waals surface area contributed by atoms with Crippen LogP contribution in [0, 0.1) is 33.6 Å². The van der Waals surface area contributed by atoms with Crippen molar-refractivity contribution in [1.29, 1.82) is 0 Å². The third-order valence-electron chi connectivity index (χ3n) is 4.78. The minimum absolute atomic E-state index is 0.00716. The van der Waals surface area contributed by atoms with Crippen molar-refractivity contribution in [1.82, 2.24) is 0 Å². The third kappa shape index (κ3) is 3.58. The highest BCUT2D eigenvalue weighted by molar-refractivity contribution is 6.04. The first-order valence-corrected chi connectivity index (χ1v) is 8.61. The van der Waals surface area contributed by atoms with E-state index in [9.17, 15) is 9.59 Å². The first-order valence-electron chi connectivity index (χ1n) is 8.61. The summed E-state index contributed by atoms with van der Waals surface area (Å²) in [4.78, 5) is 26.8. The number of hydrogen-bond acceptors (Lipinski definition) is 2. The van der Waals surface area contributed by atoms with E-state index < -0.39 is 0 Å². The number of amides is 2. The van der Waals surface area contributed by atoms with Gasteiger partial charge in [0.25, 0.3) is 0 Å². The van der Waals surface area contributed by atoms with Gasteiger partial charge in [0.1, 0.15) is 0 Å². The minimum Gasteiger partial charge on any atom is -0.326 e. The Balaban J connectivity index is 1.74. The van der Waals surface area contributed by atoms with E-state index in [0.29, 0.717) is 6.54 Å². The number of benzene rings is 2. The lowest BCUT2D eigenvalue weighted by Gasteiger charge is -2.19. The van der Waals surface area contributed by atoms with Crippen molar-refractivity contribution in [2.45, 2.75) is 34.1 Å². The molecule has 1 aliphatic heterocycles. The summed E-state index contributed by atoms with van der Waals surface area (Å²) in [5.74, 6) is -0.408. The molecule has 1 N–H and O–H groups in total. The van der Waals surface area contributed by atoms with Crippen molar-refractivity contribution >= 4 is 23.2 Å². The molecule has 0 spiro atoms. The van der Waals surface area contributed by atoms with Crippen LogP contribution in [0.15, 0.2) is 36.4 Å². The van der Waals surface area contributed by atoms with Crippen LogP contribution in [0.4, 0.5) is 11.4 Å². The molecule has 0 aromatic heterocycles. The zero-order chi connectivity index (χ0) is 18.1. The Morgan fingerprint density at radius 2 is 1.64 bits per heavy atom. The summed E-state index contributed by atoms with van der Waals surface area (Å²) in [6, 6.07) is 12.0. The van der Waals surface area contributed by atoms with E-state index in [1.807, 2.05) is 58.0 Å². The number of anilines is 2. The topological polar surface area (TPSA) is 49.4 Å². The predicted molar refractivity (Wildman–Crippen MR) is 101 cm³/mol. The molecule has 0 aliphatic carbocycles. The number of carbonyl (C=O) groups excluding carboxylic acids is 2. The van der Waals surface area contributed by atoms with Gasteiger partial charge in [-0.3, -0.25) is 9.59 Å². The van der Waals surface area contributed by atoms with Gasteiger partial charge in [0.2, 0.25) is 11.8 Å². The van der Waals surface area contributed by atoms with Gasteiger partial charge in [-0.1, -0.05) is 35.4 Å². The monoisotopic (exact) mass is 336 g/mol. The first-order chi connectivity index (χ1) is 11.8. The van der Waals surface area contributed by atoms with Gasteiger partial charge in [0.15, 0.2) is 0 Å². The van der Waals surface area contributed by atoms with Gasteiger partial charge in [0, 0.05) is 24.3 Å². The van der Waals surface area contributed by atoms with E-state index >= 15 is 0 Å². The van der Waals surface area contributed by atoms with Crippen LogP contribution in [0.25, 0.3) is 0 Å². The molecule has 2 aromatic carbocycles. The number of nitrogens with zero attached hydrogens (tertiary/aromatic N) is 1. The smallest absolute Gasteiger partial charge is 0.229 e. The van der Waals surface area contributed by atoms with Crippen LogP contribution in [-0.2, 0) is 9.59 Å². The fraction of sp³-hybridized carbons (Fsp3) is 0.333. The predicted octanol–water partition coefficient (Wildman–Crippen LogP) is 3.91. The molecule has 2 aromatic rings. The van der Waals surface area contributed by atoms with E-state index in [4.69, 9.17) is 0 Å². The van der Waals surface area contributed by atoms with E-state index in [2.05, 4.69) is 11.4 Å². The molecule has 4 nitrogen and oxygen atoms in total. The van der Waals surface area contributed by atoms with Gasteiger partial charge < -0.3 is 10.2 Å². The van der Waals surface area contributed by atoms with Gasteiger partial charge in [-0.05, 0) is 51.0 Å². The lowest BCUT2D eigenvalue weighted by molar-refractivity contribution is -0.122. The van der Waals surface area contributed by atoms with Gasteiger partial charge in [-0.2, -0.15) is 0 Å². The van der Waals surface area contributed by atoms with E-state index in [0.717, 1.165) is 33.6 Å². The number of hydrogen-bond donors (Lipinski definition) is 1. The van der Waals surface area contributed by atoms with Crippen LogP contribution in [0.1, 0.15) is 28.7 Å². The number of rotatable bonds is 3. The molecular weight excluding hydrogens is 312 g/mol. The highest BCUT2D eigenvalue weighted by Gasteiger charge is 2.35. The summed E-state index contributed by atoms with van der Waals surface area (Å²) >= 11 is 0. The van der Waals surface area contributed by atoms with Crippen molar-refractivity contribution in [3.8, 4) is 0 Å². The van der Waals surface area contributed by atoms with Crippen LogP contribution in [0.3, 0.4) is 0 Å². The summed E-state index contributed by atoms with van der Waals surface area (Å²) in [6.45, 7) is 8.46. The van der Waals surface area contributed by atoms with Crippen LogP contribution in [-0.4, -0.2) is 18.4 Å². The Morgan fingerprint density at radius 3 is 2.28 bits per heavy atom. The summed E-state index contributed by atoms with van der Waals surface area (Å²) in [5, 5.41) is 2.98. The second-order valence-corrected chi connectivity index (χ2v) is 7.00. The highest BCUT2D eigenvalue weighted by atomic mass is 16.2. The van der Waals surface area contributed by atoms with Gasteiger partial charge in [-0.25, -0.2) is 0 Å². The summed E-state index contributed by atoms with van der Waals surface area (Å²) in [7, 11) is 0. The number of aryl methyl sites for hydroxylation is 4. The Bertz CT molecular complexity index is 842. The van der Waals surface area contributed by atoms with Crippen molar-refractivity contribution in [2.75, 3.05) is 16.8 Å². The number of carbonyl (C=O) groups is 2. The molecule has 0 unspecified atom stereocenters. The third-order valence-corrected chi connectivity index (χ3v) is 4.78. The summed E-state index contributed by atoms with van der Waals surface area (Å²) in [6.07, 6.45) is 0.254. The van der Waals surface area contributed by atoms with Gasteiger partial charge >= 0.3 is 0 Å². The summed E-state index contributed by atoms with van der Waals surface area (Å²) in [5.41, 5.74) is 6.13. The molecule has 2 amide bonds. The van der Waals surface area contributed by atoms with Crippen molar-refractivity contribution in [3.63, 3.8) is 0 Å². The second kappa shape index (κ2) is 6.71. The zero-order valence-electron chi connectivity index (χ0n) is 15.2. The quantitative estimate of drug-likeness (QED) is 0.924. The molecule has 0 radical (unpaired) electrons. The molecule has 0 bridgehead atoms. The van der Waals surface area contributed by atoms with E-state index in [1.54, 1.807) is 4.90 Å². The zero-order valence-corrected chi connectivity index (χ0v) is 15.2. The van der Waals surface area contributed by atoms with Gasteiger partial charge in [0.05, 0.1) is 5.92 Å². The molecule has 1 heterocycles. The molecule has 4 heteroatoms. The molecule has 130 valence electrons. The van der Waals surface area contributed by atoms with Crippen LogP contribution in [0.5, 0.6) is 0 Å². The molecule has 1 aliphatic rings. The van der Waals surface area contributed by atoms with Crippen LogP contribution >= 0.6 is 0 Å². The molecular formula is C21H24N2O2. The largest absolute Gasteiger partial charge is 0.326 e.